The van der Waals surface area contributed by atoms with Crippen LogP contribution in [0.4, 0.5) is 13.2 Å². The quantitative estimate of drug-likeness (QED) is 0.731. The highest BCUT2D eigenvalue weighted by atomic mass is 35.5. The molecule has 0 aliphatic heterocycles. The van der Waals surface area contributed by atoms with Gasteiger partial charge in [-0.2, -0.15) is 13.2 Å². The minimum Gasteiger partial charge on any atom is -0.327 e. The molecule has 23 heavy (non-hydrogen) atoms. The van der Waals surface area contributed by atoms with E-state index >= 15 is 0 Å². The fourth-order valence-corrected chi connectivity index (χ4v) is 2.88. The average molecular weight is 343 g/mol. The van der Waals surface area contributed by atoms with Gasteiger partial charge in [0, 0.05) is 11.9 Å². The first-order valence-corrected chi connectivity index (χ1v) is 7.47. The van der Waals surface area contributed by atoms with Crippen molar-refractivity contribution in [3.05, 3.63) is 35.2 Å². The molecule has 0 bridgehead atoms. The number of hydrogen-bond donors (Lipinski definition) is 1. The second-order valence-corrected chi connectivity index (χ2v) is 5.55. The molecule has 1 N–H and O–H groups in total. The Morgan fingerprint density at radius 3 is 2.74 bits per heavy atom. The average Bonchev–Trinajstić information content (AvgIpc) is 2.79. The normalized spacial score (nSPS) is 12.4. The molecule has 0 aliphatic carbocycles. The van der Waals surface area contributed by atoms with Gasteiger partial charge in [-0.1, -0.05) is 24.6 Å². The molecule has 1 aromatic carbocycles. The number of nitrogens with zero attached hydrogens (tertiary/aromatic N) is 3. The van der Waals surface area contributed by atoms with E-state index in [1.165, 1.54) is 6.33 Å². The maximum absolute atomic E-state index is 12.9. The lowest BCUT2D eigenvalue weighted by atomic mass is 10.1. The van der Waals surface area contributed by atoms with Crippen molar-refractivity contribution in [3.8, 4) is 0 Å². The SMILES string of the molecule is CCNCc1ccc2c(c1)c1ncnc(Cl)c1n2CC(F)(F)F. The van der Waals surface area contributed by atoms with Crippen LogP contribution >= 0.6 is 11.6 Å². The van der Waals surface area contributed by atoms with Gasteiger partial charge in [0.2, 0.25) is 0 Å². The molecular formula is C15H14ClF3N4. The molecule has 0 spiro atoms. The van der Waals surface area contributed by atoms with E-state index in [9.17, 15) is 13.2 Å². The van der Waals surface area contributed by atoms with Crippen LogP contribution in [0.3, 0.4) is 0 Å². The predicted octanol–water partition coefficient (Wildman–Crippen LogP) is 3.91. The number of nitrogens with one attached hydrogen (secondary N) is 1. The topological polar surface area (TPSA) is 42.7 Å². The number of rotatable bonds is 4. The first-order chi connectivity index (χ1) is 10.9. The first-order valence-electron chi connectivity index (χ1n) is 7.09. The Balaban J connectivity index is 2.26. The number of alkyl halides is 3. The first kappa shape index (κ1) is 16.0. The molecule has 0 saturated carbocycles. The van der Waals surface area contributed by atoms with E-state index in [1.54, 1.807) is 12.1 Å². The van der Waals surface area contributed by atoms with Gasteiger partial charge >= 0.3 is 6.18 Å². The summed E-state index contributed by atoms with van der Waals surface area (Å²) in [5.74, 6) is 0. The lowest BCUT2D eigenvalue weighted by molar-refractivity contribution is -0.139. The molecule has 2 heterocycles. The summed E-state index contributed by atoms with van der Waals surface area (Å²) >= 11 is 6.03. The highest BCUT2D eigenvalue weighted by Crippen LogP contribution is 2.33. The van der Waals surface area contributed by atoms with Crippen LogP contribution in [-0.4, -0.2) is 27.3 Å². The van der Waals surface area contributed by atoms with Crippen LogP contribution in [-0.2, 0) is 13.1 Å². The van der Waals surface area contributed by atoms with Gasteiger partial charge in [-0.3, -0.25) is 0 Å². The molecule has 0 atom stereocenters. The zero-order valence-corrected chi connectivity index (χ0v) is 13.0. The lowest BCUT2D eigenvalue weighted by Gasteiger charge is -2.11. The Bertz CT molecular complexity index is 857. The van der Waals surface area contributed by atoms with Crippen molar-refractivity contribution in [2.24, 2.45) is 0 Å². The minimum absolute atomic E-state index is 0.0173. The molecule has 122 valence electrons. The molecule has 4 nitrogen and oxygen atoms in total. The molecular weight excluding hydrogens is 329 g/mol. The zero-order valence-electron chi connectivity index (χ0n) is 12.3. The summed E-state index contributed by atoms with van der Waals surface area (Å²) in [5, 5.41) is 3.85. The molecule has 0 unspecified atom stereocenters. The van der Waals surface area contributed by atoms with Crippen LogP contribution < -0.4 is 5.32 Å². The molecule has 8 heteroatoms. The van der Waals surface area contributed by atoms with Gasteiger partial charge in [0.1, 0.15) is 23.9 Å². The van der Waals surface area contributed by atoms with Crippen molar-refractivity contribution >= 4 is 33.5 Å². The summed E-state index contributed by atoms with van der Waals surface area (Å²) in [5.41, 5.74) is 2.06. The van der Waals surface area contributed by atoms with E-state index in [0.29, 0.717) is 23.0 Å². The fourth-order valence-electron chi connectivity index (χ4n) is 2.65. The van der Waals surface area contributed by atoms with Crippen LogP contribution in [0, 0.1) is 0 Å². The van der Waals surface area contributed by atoms with Gasteiger partial charge in [-0.05, 0) is 24.2 Å². The summed E-state index contributed by atoms with van der Waals surface area (Å²) in [6.07, 6.45) is -3.10. The van der Waals surface area contributed by atoms with Crippen molar-refractivity contribution in [2.75, 3.05) is 6.54 Å². The summed E-state index contributed by atoms with van der Waals surface area (Å²) in [7, 11) is 0. The van der Waals surface area contributed by atoms with Crippen molar-refractivity contribution in [2.45, 2.75) is 26.2 Å². The number of hydrogen-bond acceptors (Lipinski definition) is 3. The maximum atomic E-state index is 12.9. The predicted molar refractivity (Wildman–Crippen MR) is 83.5 cm³/mol. The molecule has 0 amide bonds. The minimum atomic E-state index is -4.36. The smallest absolute Gasteiger partial charge is 0.327 e. The van der Waals surface area contributed by atoms with Gasteiger partial charge in [0.25, 0.3) is 0 Å². The van der Waals surface area contributed by atoms with Gasteiger partial charge in [-0.15, -0.1) is 0 Å². The van der Waals surface area contributed by atoms with Gasteiger partial charge in [0.05, 0.1) is 5.52 Å². The number of halogens is 4. The van der Waals surface area contributed by atoms with E-state index in [4.69, 9.17) is 11.6 Å². The van der Waals surface area contributed by atoms with E-state index in [-0.39, 0.29) is 10.7 Å². The van der Waals surface area contributed by atoms with Crippen LogP contribution in [0.15, 0.2) is 24.5 Å². The van der Waals surface area contributed by atoms with Gasteiger partial charge < -0.3 is 9.88 Å². The molecule has 0 radical (unpaired) electrons. The Kier molecular flexibility index (Phi) is 4.16. The largest absolute Gasteiger partial charge is 0.406 e. The highest BCUT2D eigenvalue weighted by molar-refractivity contribution is 6.34. The van der Waals surface area contributed by atoms with Crippen molar-refractivity contribution in [1.82, 2.24) is 19.9 Å². The third-order valence-electron chi connectivity index (χ3n) is 3.57. The van der Waals surface area contributed by atoms with Crippen LogP contribution in [0.5, 0.6) is 0 Å². The van der Waals surface area contributed by atoms with Gasteiger partial charge in [-0.25, -0.2) is 9.97 Å². The Morgan fingerprint density at radius 2 is 2.04 bits per heavy atom. The maximum Gasteiger partial charge on any atom is 0.406 e. The Hall–Kier alpha value is -1.86. The zero-order chi connectivity index (χ0) is 16.6. The fraction of sp³-hybridized carbons (Fsp3) is 0.333. The van der Waals surface area contributed by atoms with E-state index in [0.717, 1.165) is 16.7 Å². The number of aromatic nitrogens is 3. The summed E-state index contributed by atoms with van der Waals surface area (Å²) in [6, 6.07) is 5.32. The molecule has 0 saturated heterocycles. The summed E-state index contributed by atoms with van der Waals surface area (Å²) in [4.78, 5) is 7.96. The molecule has 3 aromatic rings. The van der Waals surface area contributed by atoms with Crippen molar-refractivity contribution < 1.29 is 13.2 Å². The Labute approximate surface area is 135 Å². The summed E-state index contributed by atoms with van der Waals surface area (Å²) in [6.45, 7) is 2.30. The van der Waals surface area contributed by atoms with Crippen LogP contribution in [0.2, 0.25) is 5.15 Å². The lowest BCUT2D eigenvalue weighted by Crippen LogP contribution is -2.17. The standard InChI is InChI=1S/C15H14ClF3N4/c1-2-20-6-9-3-4-11-10(5-9)12-13(14(16)22-8-21-12)23(11)7-15(17,18)19/h3-5,8,20H,2,6-7H2,1H3. The second kappa shape index (κ2) is 5.98. The van der Waals surface area contributed by atoms with E-state index < -0.39 is 12.7 Å². The van der Waals surface area contributed by atoms with Crippen LogP contribution in [0.25, 0.3) is 21.9 Å². The van der Waals surface area contributed by atoms with Gasteiger partial charge in [0.15, 0.2) is 5.15 Å². The van der Waals surface area contributed by atoms with E-state index in [1.807, 2.05) is 13.0 Å². The third kappa shape index (κ3) is 3.11. The van der Waals surface area contributed by atoms with Crippen molar-refractivity contribution in [1.29, 1.82) is 0 Å². The molecule has 3 rings (SSSR count). The molecule has 2 aromatic heterocycles. The van der Waals surface area contributed by atoms with E-state index in [2.05, 4.69) is 15.3 Å². The Morgan fingerprint density at radius 1 is 1.26 bits per heavy atom. The van der Waals surface area contributed by atoms with Crippen LogP contribution in [0.1, 0.15) is 12.5 Å². The number of fused-ring (bicyclic) bond motifs is 3. The second-order valence-electron chi connectivity index (χ2n) is 5.19. The third-order valence-corrected chi connectivity index (χ3v) is 3.85. The number of benzene rings is 1. The molecule has 0 fully saturated rings. The van der Waals surface area contributed by atoms with Crippen molar-refractivity contribution in [3.63, 3.8) is 0 Å². The highest BCUT2D eigenvalue weighted by Gasteiger charge is 2.30. The molecule has 0 aliphatic rings. The monoisotopic (exact) mass is 342 g/mol. The summed E-state index contributed by atoms with van der Waals surface area (Å²) < 4.78 is 39.9.